The van der Waals surface area contributed by atoms with Crippen LogP contribution in [0.3, 0.4) is 0 Å². The number of hydrogen-bond donors (Lipinski definition) is 5. The SMILES string of the molecule is Cl.O=C(CCNC(=O)c1ccc2c(c1)CNCC2)NC[C@H](NS(=O)(=O)c1ccccc1)C(=O)O. The summed E-state index contributed by atoms with van der Waals surface area (Å²) < 4.78 is 26.7. The third-order valence-electron chi connectivity index (χ3n) is 5.15. The van der Waals surface area contributed by atoms with Gasteiger partial charge < -0.3 is 21.1 Å². The third-order valence-corrected chi connectivity index (χ3v) is 6.63. The average Bonchev–Trinajstić information content (AvgIpc) is 2.81. The Kier molecular flexibility index (Phi) is 9.99. The van der Waals surface area contributed by atoms with Gasteiger partial charge in [0.1, 0.15) is 6.04 Å². The molecule has 0 aromatic heterocycles. The number of amides is 2. The molecule has 1 aliphatic heterocycles. The number of carboxylic acid groups (broad SMARTS) is 1. The first-order chi connectivity index (χ1) is 15.8. The Morgan fingerprint density at radius 3 is 2.47 bits per heavy atom. The lowest BCUT2D eigenvalue weighted by molar-refractivity contribution is -0.138. The van der Waals surface area contributed by atoms with E-state index >= 15 is 0 Å². The van der Waals surface area contributed by atoms with Gasteiger partial charge in [0, 0.05) is 31.6 Å². The van der Waals surface area contributed by atoms with E-state index in [9.17, 15) is 27.9 Å². The number of carbonyl (C=O) groups is 3. The molecule has 0 bridgehead atoms. The fraction of sp³-hybridized carbons (Fsp3) is 0.318. The average molecular weight is 511 g/mol. The van der Waals surface area contributed by atoms with Crippen LogP contribution in [0.25, 0.3) is 0 Å². The van der Waals surface area contributed by atoms with Crippen molar-refractivity contribution >= 4 is 40.2 Å². The standard InChI is InChI=1S/C22H26N4O6S.ClH/c27-20(9-11-24-21(28)16-7-6-15-8-10-23-13-17(15)12-16)25-14-19(22(29)30)26-33(31,32)18-4-2-1-3-5-18;/h1-7,12,19,23,26H,8-11,13-14H2,(H,24,28)(H,25,27)(H,29,30);1H/t19-;/m0./s1. The maximum absolute atomic E-state index is 12.3. The van der Waals surface area contributed by atoms with Gasteiger partial charge in [-0.25, -0.2) is 8.42 Å². The van der Waals surface area contributed by atoms with Crippen LogP contribution in [-0.4, -0.2) is 57.0 Å². The number of nitrogens with one attached hydrogen (secondary N) is 4. The maximum atomic E-state index is 12.3. The topological polar surface area (TPSA) is 154 Å². The number of rotatable bonds is 10. The Bertz CT molecular complexity index is 1130. The molecule has 0 radical (unpaired) electrons. The molecule has 1 heterocycles. The Labute approximate surface area is 204 Å². The van der Waals surface area contributed by atoms with Gasteiger partial charge >= 0.3 is 5.97 Å². The molecule has 1 aliphatic rings. The van der Waals surface area contributed by atoms with E-state index in [0.717, 1.165) is 18.5 Å². The van der Waals surface area contributed by atoms with Gasteiger partial charge in [-0.3, -0.25) is 14.4 Å². The van der Waals surface area contributed by atoms with Crippen molar-refractivity contribution < 1.29 is 27.9 Å². The summed E-state index contributed by atoms with van der Waals surface area (Å²) in [6.45, 7) is 1.22. The third kappa shape index (κ3) is 7.52. The van der Waals surface area contributed by atoms with Crippen LogP contribution in [0.2, 0.25) is 0 Å². The summed E-state index contributed by atoms with van der Waals surface area (Å²) in [5.74, 6) is -2.25. The molecule has 0 spiro atoms. The second kappa shape index (κ2) is 12.5. The number of benzene rings is 2. The summed E-state index contributed by atoms with van der Waals surface area (Å²) in [5.41, 5.74) is 2.78. The molecule has 0 unspecified atom stereocenters. The number of aliphatic carboxylic acids is 1. The van der Waals surface area contributed by atoms with E-state index in [0.29, 0.717) is 12.1 Å². The number of hydrogen-bond acceptors (Lipinski definition) is 6. The first-order valence-corrected chi connectivity index (χ1v) is 11.9. The van der Waals surface area contributed by atoms with Gasteiger partial charge in [0.25, 0.3) is 5.91 Å². The van der Waals surface area contributed by atoms with Crippen LogP contribution in [0.5, 0.6) is 0 Å². The highest BCUT2D eigenvalue weighted by atomic mass is 35.5. The Hall–Kier alpha value is -2.99. The van der Waals surface area contributed by atoms with Crippen molar-refractivity contribution in [2.75, 3.05) is 19.6 Å². The summed E-state index contributed by atoms with van der Waals surface area (Å²) in [6, 6.07) is 11.3. The van der Waals surface area contributed by atoms with E-state index in [4.69, 9.17) is 0 Å². The molecule has 12 heteroatoms. The van der Waals surface area contributed by atoms with Crippen molar-refractivity contribution in [3.63, 3.8) is 0 Å². The van der Waals surface area contributed by atoms with Crippen LogP contribution in [0.1, 0.15) is 27.9 Å². The van der Waals surface area contributed by atoms with E-state index in [2.05, 4.69) is 20.7 Å². The van der Waals surface area contributed by atoms with Gasteiger partial charge in [-0.15, -0.1) is 12.4 Å². The van der Waals surface area contributed by atoms with Gasteiger partial charge in [-0.05, 0) is 48.4 Å². The molecule has 0 aliphatic carbocycles. The lowest BCUT2D eigenvalue weighted by Crippen LogP contribution is -2.48. The van der Waals surface area contributed by atoms with E-state index in [1.807, 2.05) is 12.1 Å². The molecule has 0 saturated heterocycles. The minimum atomic E-state index is -4.06. The molecule has 0 saturated carbocycles. The highest BCUT2D eigenvalue weighted by Crippen LogP contribution is 2.15. The predicted octanol–water partition coefficient (Wildman–Crippen LogP) is 0.422. The van der Waals surface area contributed by atoms with E-state index in [1.165, 1.54) is 29.8 Å². The molecule has 10 nitrogen and oxygen atoms in total. The zero-order valence-corrected chi connectivity index (χ0v) is 19.9. The lowest BCUT2D eigenvalue weighted by Gasteiger charge is -2.17. The first kappa shape index (κ1) is 27.3. The van der Waals surface area contributed by atoms with Crippen molar-refractivity contribution in [3.05, 3.63) is 65.2 Å². The molecular formula is C22H27ClN4O6S. The van der Waals surface area contributed by atoms with Crippen LogP contribution >= 0.6 is 12.4 Å². The van der Waals surface area contributed by atoms with Gasteiger partial charge in [-0.1, -0.05) is 24.3 Å². The highest BCUT2D eigenvalue weighted by Gasteiger charge is 2.25. The summed E-state index contributed by atoms with van der Waals surface area (Å²) in [5, 5.41) is 17.6. The molecule has 34 heavy (non-hydrogen) atoms. The zero-order chi connectivity index (χ0) is 23.8. The number of carboxylic acids is 1. The van der Waals surface area contributed by atoms with E-state index in [-0.39, 0.29) is 36.2 Å². The molecule has 2 amide bonds. The molecule has 1 atom stereocenters. The Morgan fingerprint density at radius 2 is 1.76 bits per heavy atom. The Morgan fingerprint density at radius 1 is 1.03 bits per heavy atom. The summed E-state index contributed by atoms with van der Waals surface area (Å²) in [7, 11) is -4.06. The number of sulfonamides is 1. The normalized spacial score (nSPS) is 13.6. The first-order valence-electron chi connectivity index (χ1n) is 10.4. The van der Waals surface area contributed by atoms with Crippen LogP contribution in [-0.2, 0) is 32.6 Å². The van der Waals surface area contributed by atoms with E-state index in [1.54, 1.807) is 12.1 Å². The summed E-state index contributed by atoms with van der Waals surface area (Å²) >= 11 is 0. The molecule has 3 rings (SSSR count). The minimum Gasteiger partial charge on any atom is -0.480 e. The zero-order valence-electron chi connectivity index (χ0n) is 18.2. The fourth-order valence-electron chi connectivity index (χ4n) is 3.35. The van der Waals surface area contributed by atoms with Crippen LogP contribution in [0.4, 0.5) is 0 Å². The van der Waals surface area contributed by atoms with E-state index < -0.39 is 34.5 Å². The number of fused-ring (bicyclic) bond motifs is 1. The largest absolute Gasteiger partial charge is 0.480 e. The molecule has 0 fully saturated rings. The highest BCUT2D eigenvalue weighted by molar-refractivity contribution is 7.89. The van der Waals surface area contributed by atoms with Crippen molar-refractivity contribution in [1.29, 1.82) is 0 Å². The molecular weight excluding hydrogens is 484 g/mol. The predicted molar refractivity (Wildman–Crippen MR) is 127 cm³/mol. The minimum absolute atomic E-state index is 0. The second-order valence-corrected chi connectivity index (χ2v) is 9.26. The van der Waals surface area contributed by atoms with Crippen molar-refractivity contribution in [1.82, 2.24) is 20.7 Å². The van der Waals surface area contributed by atoms with Crippen molar-refractivity contribution in [2.45, 2.75) is 30.3 Å². The quantitative estimate of drug-likeness (QED) is 0.310. The molecule has 2 aromatic rings. The molecule has 5 N–H and O–H groups in total. The van der Waals surface area contributed by atoms with Crippen LogP contribution in [0, 0.1) is 0 Å². The van der Waals surface area contributed by atoms with Gasteiger partial charge in [0.05, 0.1) is 4.90 Å². The van der Waals surface area contributed by atoms with Crippen molar-refractivity contribution in [3.8, 4) is 0 Å². The monoisotopic (exact) mass is 510 g/mol. The number of halogens is 1. The maximum Gasteiger partial charge on any atom is 0.323 e. The van der Waals surface area contributed by atoms with Gasteiger partial charge in [-0.2, -0.15) is 4.72 Å². The Balaban J connectivity index is 0.00000408. The number of carbonyl (C=O) groups excluding carboxylic acids is 2. The summed E-state index contributed by atoms with van der Waals surface area (Å²) in [6.07, 6.45) is 0.826. The molecule has 184 valence electrons. The lowest BCUT2D eigenvalue weighted by atomic mass is 9.98. The van der Waals surface area contributed by atoms with Crippen molar-refractivity contribution in [2.24, 2.45) is 0 Å². The fourth-order valence-corrected chi connectivity index (χ4v) is 4.56. The smallest absolute Gasteiger partial charge is 0.323 e. The van der Waals surface area contributed by atoms with Crippen LogP contribution in [0.15, 0.2) is 53.4 Å². The van der Waals surface area contributed by atoms with Gasteiger partial charge in [0.15, 0.2) is 0 Å². The van der Waals surface area contributed by atoms with Crippen LogP contribution < -0.4 is 20.7 Å². The summed E-state index contributed by atoms with van der Waals surface area (Å²) in [4.78, 5) is 35.8. The second-order valence-electron chi connectivity index (χ2n) is 7.55. The van der Waals surface area contributed by atoms with Gasteiger partial charge in [0.2, 0.25) is 15.9 Å². The molecule has 2 aromatic carbocycles.